The molecule has 3 rings (SSSR count). The Balaban J connectivity index is 1.85. The van der Waals surface area contributed by atoms with Crippen molar-refractivity contribution in [3.63, 3.8) is 0 Å². The maximum absolute atomic E-state index is 14.7. The molecule has 2 nitrogen and oxygen atoms in total. The molecule has 2 aromatic carbocycles. The molecule has 0 bridgehead atoms. The van der Waals surface area contributed by atoms with Crippen LogP contribution in [-0.2, 0) is 22.9 Å². The largest absolute Gasteiger partial charge is 0.416 e. The molecule has 0 spiro atoms. The first-order valence-corrected chi connectivity index (χ1v) is 10.0. The lowest BCUT2D eigenvalue weighted by Gasteiger charge is -2.35. The molecule has 0 radical (unpaired) electrons. The Kier molecular flexibility index (Phi) is 6.60. The zero-order valence-corrected chi connectivity index (χ0v) is 16.2. The number of hydrogen-bond acceptors (Lipinski definition) is 1. The van der Waals surface area contributed by atoms with E-state index in [2.05, 4.69) is 5.32 Å². The maximum atomic E-state index is 14.7. The van der Waals surface area contributed by atoms with Gasteiger partial charge < -0.3 is 5.32 Å². The predicted octanol–water partition coefficient (Wildman–Crippen LogP) is 6.14. The van der Waals surface area contributed by atoms with E-state index in [1.807, 2.05) is 0 Å². The van der Waals surface area contributed by atoms with E-state index in [4.69, 9.17) is 0 Å². The molecule has 1 aliphatic carbocycles. The Bertz CT molecular complexity index is 839. The van der Waals surface area contributed by atoms with Crippen LogP contribution in [0.5, 0.6) is 0 Å². The van der Waals surface area contributed by atoms with Crippen molar-refractivity contribution in [1.82, 2.24) is 5.32 Å². The van der Waals surface area contributed by atoms with Gasteiger partial charge in [0.2, 0.25) is 5.91 Å². The van der Waals surface area contributed by atoms with Gasteiger partial charge in [0.25, 0.3) is 0 Å². The van der Waals surface area contributed by atoms with Gasteiger partial charge in [0, 0.05) is 12.1 Å². The van der Waals surface area contributed by atoms with Gasteiger partial charge in [0.15, 0.2) is 0 Å². The van der Waals surface area contributed by atoms with Crippen LogP contribution in [0.25, 0.3) is 0 Å². The summed E-state index contributed by atoms with van der Waals surface area (Å²) in [5.74, 6) is -0.732. The van der Waals surface area contributed by atoms with Gasteiger partial charge in [-0.3, -0.25) is 4.79 Å². The number of hydrogen-bond donors (Lipinski definition) is 1. The van der Waals surface area contributed by atoms with Crippen LogP contribution < -0.4 is 5.32 Å². The van der Waals surface area contributed by atoms with Gasteiger partial charge in [0.05, 0.1) is 11.0 Å². The fraction of sp³-hybridized carbons (Fsp3) is 0.435. The normalized spacial score (nSPS) is 17.2. The lowest BCUT2D eigenvalue weighted by Crippen LogP contribution is -2.45. The van der Waals surface area contributed by atoms with Crippen LogP contribution in [0.1, 0.15) is 61.6 Å². The van der Waals surface area contributed by atoms with E-state index in [0.29, 0.717) is 24.0 Å². The van der Waals surface area contributed by atoms with Crippen LogP contribution in [-0.4, -0.2) is 5.91 Å². The highest BCUT2D eigenvalue weighted by Crippen LogP contribution is 2.39. The summed E-state index contributed by atoms with van der Waals surface area (Å²) in [7, 11) is 0. The van der Waals surface area contributed by atoms with E-state index in [1.54, 1.807) is 24.3 Å². The van der Waals surface area contributed by atoms with E-state index in [9.17, 15) is 22.4 Å². The Hall–Kier alpha value is -2.37. The van der Waals surface area contributed by atoms with Gasteiger partial charge in [-0.15, -0.1) is 0 Å². The summed E-state index contributed by atoms with van der Waals surface area (Å²) in [4.78, 5) is 13.3. The van der Waals surface area contributed by atoms with Crippen LogP contribution >= 0.6 is 0 Å². The average molecular weight is 407 g/mol. The van der Waals surface area contributed by atoms with Crippen molar-refractivity contribution in [2.45, 2.75) is 63.1 Å². The first kappa shape index (κ1) is 21.3. The van der Waals surface area contributed by atoms with Gasteiger partial charge in [-0.1, -0.05) is 62.4 Å². The van der Waals surface area contributed by atoms with Crippen molar-refractivity contribution in [3.8, 4) is 0 Å². The molecule has 0 saturated heterocycles. The predicted molar refractivity (Wildman–Crippen MR) is 104 cm³/mol. The van der Waals surface area contributed by atoms with Crippen LogP contribution in [0.3, 0.4) is 0 Å². The third-order valence-electron chi connectivity index (χ3n) is 5.74. The molecule has 1 aliphatic rings. The van der Waals surface area contributed by atoms with Gasteiger partial charge in [0.1, 0.15) is 5.82 Å². The van der Waals surface area contributed by atoms with Crippen molar-refractivity contribution in [2.24, 2.45) is 0 Å². The minimum atomic E-state index is -4.44. The van der Waals surface area contributed by atoms with Crippen LogP contribution in [0.2, 0.25) is 0 Å². The van der Waals surface area contributed by atoms with Gasteiger partial charge in [-0.05, 0) is 36.6 Å². The maximum Gasteiger partial charge on any atom is 0.416 e. The molecule has 0 heterocycles. The van der Waals surface area contributed by atoms with E-state index in [1.165, 1.54) is 12.1 Å². The van der Waals surface area contributed by atoms with Gasteiger partial charge >= 0.3 is 6.18 Å². The summed E-state index contributed by atoms with van der Waals surface area (Å²) >= 11 is 0. The van der Waals surface area contributed by atoms with Crippen molar-refractivity contribution < 1.29 is 22.4 Å². The van der Waals surface area contributed by atoms with E-state index in [-0.39, 0.29) is 12.5 Å². The summed E-state index contributed by atoms with van der Waals surface area (Å²) in [5.41, 5.74) is -1.00. The van der Waals surface area contributed by atoms with Crippen LogP contribution in [0, 0.1) is 5.82 Å². The Labute approximate surface area is 168 Å². The van der Waals surface area contributed by atoms with E-state index in [0.717, 1.165) is 44.2 Å². The molecule has 0 aromatic heterocycles. The summed E-state index contributed by atoms with van der Waals surface area (Å²) < 4.78 is 53.5. The van der Waals surface area contributed by atoms with Gasteiger partial charge in [-0.2, -0.15) is 13.2 Å². The molecule has 1 amide bonds. The minimum Gasteiger partial charge on any atom is -0.351 e. The lowest BCUT2D eigenvalue weighted by molar-refractivity contribution is -0.137. The molecule has 0 atom stereocenters. The second-order valence-electron chi connectivity index (χ2n) is 7.71. The molecule has 0 unspecified atom stereocenters. The smallest absolute Gasteiger partial charge is 0.351 e. The fourth-order valence-corrected chi connectivity index (χ4v) is 4.19. The molecule has 1 N–H and O–H groups in total. The number of amides is 1. The molecular weight excluding hydrogens is 382 g/mol. The molecule has 29 heavy (non-hydrogen) atoms. The topological polar surface area (TPSA) is 29.1 Å². The number of rotatable bonds is 4. The van der Waals surface area contributed by atoms with Crippen molar-refractivity contribution >= 4 is 5.91 Å². The molecule has 2 aromatic rings. The third kappa shape index (κ3) is 4.98. The number of carbonyl (C=O) groups is 1. The number of halogens is 4. The van der Waals surface area contributed by atoms with E-state index < -0.39 is 23.0 Å². The second-order valence-corrected chi connectivity index (χ2v) is 7.71. The third-order valence-corrected chi connectivity index (χ3v) is 5.74. The van der Waals surface area contributed by atoms with Gasteiger partial charge in [-0.25, -0.2) is 4.39 Å². The zero-order chi connectivity index (χ0) is 20.9. The Morgan fingerprint density at radius 3 is 2.24 bits per heavy atom. The molecule has 6 heteroatoms. The lowest BCUT2D eigenvalue weighted by atomic mass is 9.70. The summed E-state index contributed by atoms with van der Waals surface area (Å²) in [6.45, 7) is -0.0288. The number of benzene rings is 2. The molecule has 0 aliphatic heterocycles. The number of alkyl halides is 3. The molecular formula is C23H25F4NO. The first-order valence-electron chi connectivity index (χ1n) is 10.0. The summed E-state index contributed by atoms with van der Waals surface area (Å²) in [6.07, 6.45) is 1.31. The van der Waals surface area contributed by atoms with Crippen LogP contribution in [0.15, 0.2) is 48.5 Å². The van der Waals surface area contributed by atoms with Crippen molar-refractivity contribution in [3.05, 3.63) is 71.0 Å². The van der Waals surface area contributed by atoms with Crippen LogP contribution in [0.4, 0.5) is 17.6 Å². The quantitative estimate of drug-likeness (QED) is 0.606. The fourth-order valence-electron chi connectivity index (χ4n) is 4.19. The molecule has 1 fully saturated rings. The van der Waals surface area contributed by atoms with E-state index >= 15 is 0 Å². The zero-order valence-electron chi connectivity index (χ0n) is 16.2. The Morgan fingerprint density at radius 2 is 1.59 bits per heavy atom. The molecule has 1 saturated carbocycles. The van der Waals surface area contributed by atoms with Crippen molar-refractivity contribution in [1.29, 1.82) is 0 Å². The first-order chi connectivity index (χ1) is 13.8. The molecule has 156 valence electrons. The average Bonchev–Trinajstić information content (AvgIpc) is 2.67. The van der Waals surface area contributed by atoms with Crippen molar-refractivity contribution in [2.75, 3.05) is 0 Å². The summed E-state index contributed by atoms with van der Waals surface area (Å²) in [6, 6.07) is 11.2. The standard InChI is InChI=1S/C23H25F4NO/c24-20-12-5-4-11-19(20)22(13-6-2-1-3-7-14-22)21(29)28-16-17-9-8-10-18(15-17)23(25,26)27/h4-5,8-12,15H,1-3,6-7,13-14,16H2,(H,28,29). The monoisotopic (exact) mass is 407 g/mol. The number of nitrogens with one attached hydrogen (secondary N) is 1. The highest BCUT2D eigenvalue weighted by atomic mass is 19.4. The SMILES string of the molecule is O=C(NCc1cccc(C(F)(F)F)c1)C1(c2ccccc2F)CCCCCCC1. The summed E-state index contributed by atoms with van der Waals surface area (Å²) in [5, 5.41) is 2.79. The number of carbonyl (C=O) groups excluding carboxylic acids is 1. The minimum absolute atomic E-state index is 0.0288. The Morgan fingerprint density at radius 1 is 0.931 bits per heavy atom. The highest BCUT2D eigenvalue weighted by Gasteiger charge is 2.41. The second kappa shape index (κ2) is 8.97. The highest BCUT2D eigenvalue weighted by molar-refractivity contribution is 5.88.